The molecule has 36 heavy (non-hydrogen) atoms. The van der Waals surface area contributed by atoms with E-state index in [2.05, 4.69) is 41.0 Å². The van der Waals surface area contributed by atoms with Gasteiger partial charge in [-0.15, -0.1) is 20.4 Å². The third kappa shape index (κ3) is 4.86. The standard InChI is InChI=1S/C11H8ClN5O.C11H8FN5O/c2*12-9-4-2-1-3-7(9)5-17-6-8-10(15-17)13-16-14-11(8)18/h2*1-4,6H,5H2,(H,13,14,15,18). The summed E-state index contributed by atoms with van der Waals surface area (Å²) in [5.41, 5.74) is 1.33. The number of aromatic nitrogens is 10. The molecule has 2 N–H and O–H groups in total. The normalized spacial score (nSPS) is 10.9. The van der Waals surface area contributed by atoms with Gasteiger partial charge in [0.1, 0.15) is 16.6 Å². The van der Waals surface area contributed by atoms with Crippen LogP contribution in [-0.2, 0) is 13.1 Å². The van der Waals surface area contributed by atoms with Gasteiger partial charge in [-0.2, -0.15) is 0 Å². The van der Waals surface area contributed by atoms with Crippen molar-refractivity contribution < 1.29 is 4.39 Å². The molecular weight excluding hydrogens is 491 g/mol. The molecule has 0 aliphatic rings. The monoisotopic (exact) mass is 506 g/mol. The number of hydrogen-bond acceptors (Lipinski definition) is 8. The van der Waals surface area contributed by atoms with Gasteiger partial charge in [0.2, 0.25) is 11.3 Å². The van der Waals surface area contributed by atoms with Crippen molar-refractivity contribution in [1.82, 2.24) is 50.4 Å². The summed E-state index contributed by atoms with van der Waals surface area (Å²) in [5.74, 6) is -0.308. The van der Waals surface area contributed by atoms with E-state index in [4.69, 9.17) is 11.6 Å². The molecule has 6 rings (SSSR count). The molecule has 0 saturated heterocycles. The van der Waals surface area contributed by atoms with Crippen LogP contribution in [0.1, 0.15) is 11.1 Å². The van der Waals surface area contributed by atoms with Crippen molar-refractivity contribution >= 4 is 33.7 Å². The van der Waals surface area contributed by atoms with Gasteiger partial charge in [-0.3, -0.25) is 19.0 Å². The van der Waals surface area contributed by atoms with Crippen molar-refractivity contribution in [2.24, 2.45) is 0 Å². The zero-order chi connectivity index (χ0) is 25.1. The first-order valence-electron chi connectivity index (χ1n) is 10.5. The van der Waals surface area contributed by atoms with Gasteiger partial charge in [0.25, 0.3) is 11.1 Å². The topological polar surface area (TPSA) is 153 Å². The number of H-pyrrole nitrogens is 2. The number of nitrogens with one attached hydrogen (secondary N) is 2. The average molecular weight is 507 g/mol. The summed E-state index contributed by atoms with van der Waals surface area (Å²) in [5, 5.41) is 28.5. The van der Waals surface area contributed by atoms with Crippen LogP contribution in [0.2, 0.25) is 5.02 Å². The zero-order valence-electron chi connectivity index (χ0n) is 18.3. The van der Waals surface area contributed by atoms with E-state index in [1.54, 1.807) is 29.1 Å². The van der Waals surface area contributed by atoms with E-state index in [-0.39, 0.29) is 29.1 Å². The van der Waals surface area contributed by atoms with E-state index in [0.717, 1.165) is 5.56 Å². The molecule has 0 radical (unpaired) electrons. The van der Waals surface area contributed by atoms with Crippen molar-refractivity contribution in [3.8, 4) is 0 Å². The van der Waals surface area contributed by atoms with Gasteiger partial charge in [-0.1, -0.05) is 58.4 Å². The molecule has 0 saturated carbocycles. The molecule has 4 heterocycles. The van der Waals surface area contributed by atoms with Gasteiger partial charge in [0, 0.05) is 23.0 Å². The number of halogens is 2. The SMILES string of the molecule is O=c1[nH]nnc2nn(Cc3ccccc3Cl)cc12.O=c1[nH]nnc2nn(Cc3ccccc3F)cc12. The van der Waals surface area contributed by atoms with Crippen molar-refractivity contribution in [3.63, 3.8) is 0 Å². The predicted molar refractivity (Wildman–Crippen MR) is 128 cm³/mol. The molecule has 180 valence electrons. The second-order valence-corrected chi connectivity index (χ2v) is 8.00. The Bertz CT molecular complexity index is 1660. The lowest BCUT2D eigenvalue weighted by molar-refractivity contribution is 0.586. The minimum atomic E-state index is -0.361. The molecule has 12 nitrogen and oxygen atoms in total. The molecule has 4 aromatic heterocycles. The summed E-state index contributed by atoms with van der Waals surface area (Å²) >= 11 is 6.07. The molecule has 0 unspecified atom stereocenters. The second-order valence-electron chi connectivity index (χ2n) is 7.59. The van der Waals surface area contributed by atoms with Crippen LogP contribution in [0.15, 0.2) is 70.5 Å². The number of hydrogen-bond donors (Lipinski definition) is 2. The van der Waals surface area contributed by atoms with Crippen LogP contribution in [0.25, 0.3) is 22.1 Å². The molecule has 0 bridgehead atoms. The highest BCUT2D eigenvalue weighted by molar-refractivity contribution is 6.31. The molecule has 0 spiro atoms. The highest BCUT2D eigenvalue weighted by Gasteiger charge is 2.09. The van der Waals surface area contributed by atoms with Crippen molar-refractivity contribution in [1.29, 1.82) is 0 Å². The Morgan fingerprint density at radius 1 is 0.750 bits per heavy atom. The first kappa shape index (κ1) is 23.0. The maximum Gasteiger partial charge on any atom is 0.278 e. The van der Waals surface area contributed by atoms with Crippen LogP contribution >= 0.6 is 11.6 Å². The Hall–Kier alpha value is -4.78. The fourth-order valence-corrected chi connectivity index (χ4v) is 3.61. The molecule has 2 aromatic carbocycles. The number of rotatable bonds is 4. The number of nitrogens with zero attached hydrogens (tertiary/aromatic N) is 8. The summed E-state index contributed by atoms with van der Waals surface area (Å²) in [6, 6.07) is 13.9. The third-order valence-electron chi connectivity index (χ3n) is 5.15. The highest BCUT2D eigenvalue weighted by atomic mass is 35.5. The van der Waals surface area contributed by atoms with E-state index >= 15 is 0 Å². The van der Waals surface area contributed by atoms with Crippen LogP contribution in [0.5, 0.6) is 0 Å². The first-order valence-corrected chi connectivity index (χ1v) is 10.9. The van der Waals surface area contributed by atoms with Gasteiger partial charge in [0.05, 0.1) is 13.1 Å². The average Bonchev–Trinajstić information content (AvgIpc) is 3.48. The van der Waals surface area contributed by atoms with E-state index < -0.39 is 0 Å². The van der Waals surface area contributed by atoms with Crippen LogP contribution in [-0.4, -0.2) is 50.4 Å². The Morgan fingerprint density at radius 3 is 1.78 bits per heavy atom. The number of benzene rings is 2. The minimum absolute atomic E-state index is 0.239. The summed E-state index contributed by atoms with van der Waals surface area (Å²) in [7, 11) is 0. The summed E-state index contributed by atoms with van der Waals surface area (Å²) in [6.07, 6.45) is 3.15. The summed E-state index contributed by atoms with van der Waals surface area (Å²) in [6.45, 7) is 0.720. The molecular formula is C22H16ClFN10O2. The number of fused-ring (bicyclic) bond motifs is 2. The van der Waals surface area contributed by atoms with E-state index in [9.17, 15) is 14.0 Å². The molecule has 0 aliphatic heterocycles. The van der Waals surface area contributed by atoms with Crippen molar-refractivity contribution in [2.45, 2.75) is 13.1 Å². The Balaban J connectivity index is 0.000000148. The van der Waals surface area contributed by atoms with E-state index in [1.165, 1.54) is 16.9 Å². The smallest absolute Gasteiger partial charge is 0.267 e. The largest absolute Gasteiger partial charge is 0.278 e. The Morgan fingerprint density at radius 2 is 1.25 bits per heavy atom. The molecule has 0 atom stereocenters. The van der Waals surface area contributed by atoms with E-state index in [0.29, 0.717) is 33.6 Å². The van der Waals surface area contributed by atoms with Crippen molar-refractivity contribution in [3.05, 3.63) is 104 Å². The molecule has 0 aliphatic carbocycles. The molecule has 6 aromatic rings. The fourth-order valence-electron chi connectivity index (χ4n) is 3.41. The lowest BCUT2D eigenvalue weighted by Gasteiger charge is -2.03. The molecule has 14 heteroatoms. The first-order chi connectivity index (χ1) is 17.5. The van der Waals surface area contributed by atoms with Gasteiger partial charge in [-0.05, 0) is 17.7 Å². The van der Waals surface area contributed by atoms with Gasteiger partial charge >= 0.3 is 0 Å². The summed E-state index contributed by atoms with van der Waals surface area (Å²) < 4.78 is 16.6. The maximum atomic E-state index is 13.5. The zero-order valence-corrected chi connectivity index (χ0v) is 19.1. The second kappa shape index (κ2) is 9.84. The fraction of sp³-hybridized carbons (Fsp3) is 0.0909. The van der Waals surface area contributed by atoms with Gasteiger partial charge in [-0.25, -0.2) is 14.6 Å². The third-order valence-corrected chi connectivity index (χ3v) is 5.52. The lowest BCUT2D eigenvalue weighted by atomic mass is 10.2. The maximum absolute atomic E-state index is 13.5. The molecule has 0 fully saturated rings. The van der Waals surface area contributed by atoms with Crippen LogP contribution in [0.3, 0.4) is 0 Å². The lowest BCUT2D eigenvalue weighted by Crippen LogP contribution is -2.08. The van der Waals surface area contributed by atoms with Crippen LogP contribution in [0, 0.1) is 5.82 Å². The summed E-state index contributed by atoms with van der Waals surface area (Å²) in [4.78, 5) is 22.9. The predicted octanol–water partition coefficient (Wildman–Crippen LogP) is 1.92. The van der Waals surface area contributed by atoms with Crippen molar-refractivity contribution in [2.75, 3.05) is 0 Å². The van der Waals surface area contributed by atoms with Crippen LogP contribution in [0.4, 0.5) is 4.39 Å². The highest BCUT2D eigenvalue weighted by Crippen LogP contribution is 2.16. The molecule has 0 amide bonds. The van der Waals surface area contributed by atoms with Crippen LogP contribution < -0.4 is 11.1 Å². The quantitative estimate of drug-likeness (QED) is 0.367. The van der Waals surface area contributed by atoms with E-state index in [1.807, 2.05) is 24.3 Å². The number of aromatic amines is 2. The van der Waals surface area contributed by atoms with Gasteiger partial charge < -0.3 is 0 Å². The Labute approximate surface area is 205 Å². The van der Waals surface area contributed by atoms with Gasteiger partial charge in [0.15, 0.2) is 0 Å². The minimum Gasteiger partial charge on any atom is -0.267 e. The Kier molecular flexibility index (Phi) is 6.28.